The highest BCUT2D eigenvalue weighted by Crippen LogP contribution is 2.23. The van der Waals surface area contributed by atoms with Crippen molar-refractivity contribution in [2.75, 3.05) is 17.7 Å². The number of hydrogen-bond acceptors (Lipinski definition) is 5. The van der Waals surface area contributed by atoms with E-state index in [0.29, 0.717) is 17.1 Å². The van der Waals surface area contributed by atoms with Gasteiger partial charge in [-0.15, -0.1) is 11.8 Å². The van der Waals surface area contributed by atoms with Crippen molar-refractivity contribution in [2.24, 2.45) is 0 Å². The normalized spacial score (nSPS) is 10.6. The van der Waals surface area contributed by atoms with Crippen molar-refractivity contribution >= 4 is 29.3 Å². The summed E-state index contributed by atoms with van der Waals surface area (Å²) in [4.78, 5) is 25.3. The number of aromatic nitrogens is 2. The number of carbonyl (C=O) groups is 2. The van der Waals surface area contributed by atoms with Gasteiger partial charge in [0, 0.05) is 10.6 Å². The lowest BCUT2D eigenvalue weighted by molar-refractivity contribution is -0.146. The number of ether oxygens (including phenoxy) is 1. The van der Waals surface area contributed by atoms with Crippen molar-refractivity contribution in [2.45, 2.75) is 32.1 Å². The summed E-state index contributed by atoms with van der Waals surface area (Å²) in [6.07, 6.45) is 0.246. The molecule has 156 valence electrons. The van der Waals surface area contributed by atoms with E-state index in [1.54, 1.807) is 16.4 Å². The molecule has 0 fully saturated rings. The number of rotatable bonds is 8. The van der Waals surface area contributed by atoms with E-state index >= 15 is 0 Å². The van der Waals surface area contributed by atoms with Crippen molar-refractivity contribution in [3.8, 4) is 5.69 Å². The molecular weight excluding hydrogens is 398 g/mol. The number of benzene rings is 2. The molecular formula is C23H25N3O3S. The molecule has 0 aliphatic rings. The standard InChI is InChI=1S/C23H25N3O3S/c1-16-9-11-19(12-10-16)26-18(3)23(17(2)25-26)24-21(27)15-29-22(28)13-14-30-20-7-5-4-6-8-20/h4-12H,13-15H2,1-3H3,(H,24,27). The molecule has 7 heteroatoms. The molecule has 0 bridgehead atoms. The number of anilines is 1. The molecule has 1 amide bonds. The Hall–Kier alpha value is -3.06. The van der Waals surface area contributed by atoms with Crippen LogP contribution in [0.2, 0.25) is 0 Å². The molecule has 1 heterocycles. The Labute approximate surface area is 180 Å². The zero-order valence-electron chi connectivity index (χ0n) is 17.3. The van der Waals surface area contributed by atoms with Crippen LogP contribution in [0.3, 0.4) is 0 Å². The second-order valence-electron chi connectivity index (χ2n) is 6.91. The predicted molar refractivity (Wildman–Crippen MR) is 119 cm³/mol. The first-order valence-corrected chi connectivity index (χ1v) is 10.7. The van der Waals surface area contributed by atoms with Crippen molar-refractivity contribution < 1.29 is 14.3 Å². The van der Waals surface area contributed by atoms with Gasteiger partial charge >= 0.3 is 5.97 Å². The fourth-order valence-corrected chi connectivity index (χ4v) is 3.78. The monoisotopic (exact) mass is 423 g/mol. The number of nitrogens with zero attached hydrogens (tertiary/aromatic N) is 2. The lowest BCUT2D eigenvalue weighted by Gasteiger charge is -2.08. The Bertz CT molecular complexity index is 1010. The molecule has 3 rings (SSSR count). The number of hydrogen-bond donors (Lipinski definition) is 1. The van der Waals surface area contributed by atoms with Crippen LogP contribution in [-0.4, -0.2) is 34.0 Å². The topological polar surface area (TPSA) is 73.2 Å². The highest BCUT2D eigenvalue weighted by Gasteiger charge is 2.16. The van der Waals surface area contributed by atoms with Gasteiger partial charge in [-0.3, -0.25) is 9.59 Å². The third-order valence-electron chi connectivity index (χ3n) is 4.52. The van der Waals surface area contributed by atoms with Crippen LogP contribution in [-0.2, 0) is 14.3 Å². The highest BCUT2D eigenvalue weighted by atomic mass is 32.2. The third-order valence-corrected chi connectivity index (χ3v) is 5.53. The average molecular weight is 424 g/mol. The van der Waals surface area contributed by atoms with Gasteiger partial charge < -0.3 is 10.1 Å². The van der Waals surface area contributed by atoms with Gasteiger partial charge in [-0.05, 0) is 45.0 Å². The first-order valence-electron chi connectivity index (χ1n) is 9.70. The van der Waals surface area contributed by atoms with E-state index in [2.05, 4.69) is 10.4 Å². The summed E-state index contributed by atoms with van der Waals surface area (Å²) in [6.45, 7) is 5.43. The largest absolute Gasteiger partial charge is 0.456 e. The average Bonchev–Trinajstić information content (AvgIpc) is 3.02. The van der Waals surface area contributed by atoms with Crippen LogP contribution in [0.5, 0.6) is 0 Å². The summed E-state index contributed by atoms with van der Waals surface area (Å²) < 4.78 is 6.90. The summed E-state index contributed by atoms with van der Waals surface area (Å²) in [6, 6.07) is 17.8. The molecule has 0 saturated carbocycles. The first kappa shape index (κ1) is 21.6. The SMILES string of the molecule is Cc1ccc(-n2nc(C)c(NC(=O)COC(=O)CCSc3ccccc3)c2C)cc1. The highest BCUT2D eigenvalue weighted by molar-refractivity contribution is 7.99. The van der Waals surface area contributed by atoms with Gasteiger partial charge in [0.2, 0.25) is 0 Å². The molecule has 0 spiro atoms. The van der Waals surface area contributed by atoms with Gasteiger partial charge in [-0.2, -0.15) is 5.10 Å². The molecule has 2 aromatic carbocycles. The van der Waals surface area contributed by atoms with Crippen molar-refractivity contribution in [1.82, 2.24) is 9.78 Å². The zero-order valence-corrected chi connectivity index (χ0v) is 18.2. The minimum absolute atomic E-state index is 0.246. The van der Waals surface area contributed by atoms with Gasteiger partial charge in [0.25, 0.3) is 5.91 Å². The third kappa shape index (κ3) is 5.73. The Kier molecular flexibility index (Phi) is 7.30. The molecule has 0 radical (unpaired) electrons. The molecule has 30 heavy (non-hydrogen) atoms. The van der Waals surface area contributed by atoms with Crippen molar-refractivity contribution in [3.63, 3.8) is 0 Å². The second-order valence-corrected chi connectivity index (χ2v) is 8.08. The summed E-state index contributed by atoms with van der Waals surface area (Å²) in [5, 5.41) is 7.33. The van der Waals surface area contributed by atoms with Crippen LogP contribution >= 0.6 is 11.8 Å². The summed E-state index contributed by atoms with van der Waals surface area (Å²) in [5.74, 6) is -0.169. The lowest BCUT2D eigenvalue weighted by atomic mass is 10.2. The van der Waals surface area contributed by atoms with Crippen LogP contribution in [0.25, 0.3) is 5.69 Å². The van der Waals surface area contributed by atoms with Crippen LogP contribution in [0.1, 0.15) is 23.4 Å². The zero-order chi connectivity index (χ0) is 21.5. The molecule has 0 aliphatic heterocycles. The number of aryl methyl sites for hydroxylation is 2. The number of esters is 1. The number of thioether (sulfide) groups is 1. The number of nitrogens with one attached hydrogen (secondary N) is 1. The smallest absolute Gasteiger partial charge is 0.307 e. The van der Waals surface area contributed by atoms with E-state index in [4.69, 9.17) is 4.74 Å². The van der Waals surface area contributed by atoms with Crippen molar-refractivity contribution in [3.05, 3.63) is 71.5 Å². The molecule has 6 nitrogen and oxygen atoms in total. The quantitative estimate of drug-likeness (QED) is 0.428. The predicted octanol–water partition coefficient (Wildman–Crippen LogP) is 4.46. The molecule has 3 aromatic rings. The molecule has 0 atom stereocenters. The van der Waals surface area contributed by atoms with Crippen molar-refractivity contribution in [1.29, 1.82) is 0 Å². The number of amides is 1. The first-order chi connectivity index (χ1) is 14.4. The Morgan fingerprint density at radius 1 is 1.03 bits per heavy atom. The molecule has 1 aromatic heterocycles. The fraction of sp³-hybridized carbons (Fsp3) is 0.261. The fourth-order valence-electron chi connectivity index (χ4n) is 2.92. The van der Waals surface area contributed by atoms with Crippen LogP contribution in [0.4, 0.5) is 5.69 Å². The molecule has 0 unspecified atom stereocenters. The molecule has 1 N–H and O–H groups in total. The summed E-state index contributed by atoms with van der Waals surface area (Å²) in [5.41, 5.74) is 4.24. The van der Waals surface area contributed by atoms with E-state index in [9.17, 15) is 9.59 Å². The van der Waals surface area contributed by atoms with E-state index < -0.39 is 5.97 Å². The minimum Gasteiger partial charge on any atom is -0.456 e. The number of carbonyl (C=O) groups excluding carboxylic acids is 2. The summed E-state index contributed by atoms with van der Waals surface area (Å²) >= 11 is 1.58. The minimum atomic E-state index is -0.391. The van der Waals surface area contributed by atoms with Gasteiger partial charge in [0.1, 0.15) is 0 Å². The Morgan fingerprint density at radius 3 is 2.43 bits per heavy atom. The lowest BCUT2D eigenvalue weighted by Crippen LogP contribution is -2.21. The van der Waals surface area contributed by atoms with E-state index in [0.717, 1.165) is 21.8 Å². The van der Waals surface area contributed by atoms with Gasteiger partial charge in [0.05, 0.1) is 29.2 Å². The van der Waals surface area contributed by atoms with Gasteiger partial charge in [0.15, 0.2) is 6.61 Å². The van der Waals surface area contributed by atoms with Crippen LogP contribution < -0.4 is 5.32 Å². The van der Waals surface area contributed by atoms with Crippen LogP contribution in [0, 0.1) is 20.8 Å². The Morgan fingerprint density at radius 2 is 1.73 bits per heavy atom. The second kappa shape index (κ2) is 10.1. The maximum absolute atomic E-state index is 12.3. The van der Waals surface area contributed by atoms with E-state index in [1.807, 2.05) is 75.4 Å². The van der Waals surface area contributed by atoms with Gasteiger partial charge in [-0.1, -0.05) is 35.9 Å². The molecule has 0 saturated heterocycles. The van der Waals surface area contributed by atoms with E-state index in [-0.39, 0.29) is 18.9 Å². The summed E-state index contributed by atoms with van der Waals surface area (Å²) in [7, 11) is 0. The Balaban J connectivity index is 1.50. The van der Waals surface area contributed by atoms with Crippen LogP contribution in [0.15, 0.2) is 59.5 Å². The van der Waals surface area contributed by atoms with Gasteiger partial charge in [-0.25, -0.2) is 4.68 Å². The maximum Gasteiger partial charge on any atom is 0.307 e. The molecule has 0 aliphatic carbocycles. The maximum atomic E-state index is 12.3. The van der Waals surface area contributed by atoms with E-state index in [1.165, 1.54) is 0 Å².